The first kappa shape index (κ1) is 19.0. The van der Waals surface area contributed by atoms with Crippen molar-refractivity contribution in [3.05, 3.63) is 29.8 Å². The number of hydrogen-bond donors (Lipinski definition) is 2. The molecule has 1 rings (SSSR count). The maximum atomic E-state index is 12.3. The zero-order valence-electron chi connectivity index (χ0n) is 14.6. The van der Waals surface area contributed by atoms with Crippen molar-refractivity contribution in [3.8, 4) is 5.75 Å². The molecule has 0 radical (unpaired) electrons. The van der Waals surface area contributed by atoms with E-state index >= 15 is 0 Å². The van der Waals surface area contributed by atoms with Crippen LogP contribution >= 0.6 is 0 Å². The molecule has 0 aromatic heterocycles. The molecule has 0 aliphatic carbocycles. The molecular weight excluding hydrogens is 294 g/mol. The SMILES string of the molecule is COc1ccc(C(C)CC(=O)NC(C)(CC(=O)O)C(C)C)cc1. The predicted octanol–water partition coefficient (Wildman–Crippen LogP) is 3.19. The van der Waals surface area contributed by atoms with E-state index in [1.807, 2.05) is 45.0 Å². The summed E-state index contributed by atoms with van der Waals surface area (Å²) >= 11 is 0. The maximum Gasteiger partial charge on any atom is 0.305 e. The highest BCUT2D eigenvalue weighted by atomic mass is 16.5. The molecule has 2 unspecified atom stereocenters. The van der Waals surface area contributed by atoms with Crippen LogP contribution in [0, 0.1) is 5.92 Å². The standard InChI is InChI=1S/C18H27NO4/c1-12(2)18(4,11-17(21)22)19-16(20)10-13(3)14-6-8-15(23-5)9-7-14/h6-9,12-13H,10-11H2,1-5H3,(H,19,20)(H,21,22). The van der Waals surface area contributed by atoms with Crippen molar-refractivity contribution in [1.82, 2.24) is 5.32 Å². The smallest absolute Gasteiger partial charge is 0.305 e. The molecule has 5 heteroatoms. The van der Waals surface area contributed by atoms with Crippen molar-refractivity contribution in [3.63, 3.8) is 0 Å². The van der Waals surface area contributed by atoms with Gasteiger partial charge in [0.1, 0.15) is 5.75 Å². The second kappa shape index (κ2) is 7.99. The highest BCUT2D eigenvalue weighted by Gasteiger charge is 2.33. The third-order valence-electron chi connectivity index (χ3n) is 4.39. The van der Waals surface area contributed by atoms with Gasteiger partial charge in [-0.05, 0) is 36.5 Å². The van der Waals surface area contributed by atoms with Crippen molar-refractivity contribution in [1.29, 1.82) is 0 Å². The number of carboxylic acids is 1. The summed E-state index contributed by atoms with van der Waals surface area (Å²) in [6.45, 7) is 7.58. The highest BCUT2D eigenvalue weighted by molar-refractivity contribution is 5.79. The van der Waals surface area contributed by atoms with Crippen LogP contribution in [0.5, 0.6) is 5.75 Å². The van der Waals surface area contributed by atoms with E-state index < -0.39 is 11.5 Å². The van der Waals surface area contributed by atoms with Crippen LogP contribution < -0.4 is 10.1 Å². The summed E-state index contributed by atoms with van der Waals surface area (Å²) in [5, 5.41) is 12.0. The van der Waals surface area contributed by atoms with E-state index in [1.165, 1.54) is 0 Å². The van der Waals surface area contributed by atoms with E-state index in [1.54, 1.807) is 14.0 Å². The van der Waals surface area contributed by atoms with Gasteiger partial charge >= 0.3 is 5.97 Å². The molecule has 2 atom stereocenters. The highest BCUT2D eigenvalue weighted by Crippen LogP contribution is 2.24. The van der Waals surface area contributed by atoms with Crippen molar-refractivity contribution in [2.75, 3.05) is 7.11 Å². The summed E-state index contributed by atoms with van der Waals surface area (Å²) in [6, 6.07) is 7.62. The van der Waals surface area contributed by atoms with Crippen LogP contribution in [-0.2, 0) is 9.59 Å². The number of benzene rings is 1. The lowest BCUT2D eigenvalue weighted by atomic mass is 9.84. The monoisotopic (exact) mass is 321 g/mol. The first-order valence-electron chi connectivity index (χ1n) is 7.84. The Balaban J connectivity index is 2.71. The van der Waals surface area contributed by atoms with Gasteiger partial charge in [0, 0.05) is 12.0 Å². The van der Waals surface area contributed by atoms with Crippen molar-refractivity contribution in [2.45, 2.75) is 52.0 Å². The molecule has 0 heterocycles. The fourth-order valence-corrected chi connectivity index (χ4v) is 2.40. The molecule has 0 spiro atoms. The molecule has 128 valence electrons. The lowest BCUT2D eigenvalue weighted by Crippen LogP contribution is -2.51. The summed E-state index contributed by atoms with van der Waals surface area (Å²) in [6.07, 6.45) is 0.224. The van der Waals surface area contributed by atoms with Crippen LogP contribution in [0.25, 0.3) is 0 Å². The summed E-state index contributed by atoms with van der Waals surface area (Å²) in [5.41, 5.74) is 0.299. The third kappa shape index (κ3) is 5.58. The van der Waals surface area contributed by atoms with Gasteiger partial charge in [-0.15, -0.1) is 0 Å². The van der Waals surface area contributed by atoms with E-state index in [0.29, 0.717) is 6.42 Å². The Hall–Kier alpha value is -2.04. The normalized spacial score (nSPS) is 14.9. The Morgan fingerprint density at radius 1 is 1.22 bits per heavy atom. The zero-order chi connectivity index (χ0) is 17.6. The second-order valence-corrected chi connectivity index (χ2v) is 6.57. The first-order chi connectivity index (χ1) is 10.7. The van der Waals surface area contributed by atoms with E-state index in [9.17, 15) is 9.59 Å². The quantitative estimate of drug-likeness (QED) is 0.771. The Bertz CT molecular complexity index is 538. The molecule has 1 aromatic rings. The number of carboxylic acid groups (broad SMARTS) is 1. The molecule has 5 nitrogen and oxygen atoms in total. The van der Waals surface area contributed by atoms with Crippen LogP contribution in [0.2, 0.25) is 0 Å². The molecule has 0 bridgehead atoms. The topological polar surface area (TPSA) is 75.6 Å². The number of aliphatic carboxylic acids is 1. The minimum Gasteiger partial charge on any atom is -0.497 e. The van der Waals surface area contributed by atoms with Gasteiger partial charge in [-0.1, -0.05) is 32.9 Å². The van der Waals surface area contributed by atoms with E-state index in [4.69, 9.17) is 9.84 Å². The fraction of sp³-hybridized carbons (Fsp3) is 0.556. The lowest BCUT2D eigenvalue weighted by Gasteiger charge is -2.34. The molecule has 2 N–H and O–H groups in total. The van der Waals surface area contributed by atoms with Gasteiger partial charge in [0.15, 0.2) is 0 Å². The first-order valence-corrected chi connectivity index (χ1v) is 7.84. The minimum atomic E-state index is -0.912. The summed E-state index contributed by atoms with van der Waals surface area (Å²) in [4.78, 5) is 23.4. The van der Waals surface area contributed by atoms with Crippen LogP contribution in [0.1, 0.15) is 52.0 Å². The summed E-state index contributed by atoms with van der Waals surface area (Å²) in [5.74, 6) is -0.198. The van der Waals surface area contributed by atoms with Crippen molar-refractivity contribution < 1.29 is 19.4 Å². The Morgan fingerprint density at radius 3 is 2.22 bits per heavy atom. The van der Waals surface area contributed by atoms with Crippen LogP contribution in [0.15, 0.2) is 24.3 Å². The Labute approximate surface area is 138 Å². The van der Waals surface area contributed by atoms with Gasteiger partial charge in [-0.25, -0.2) is 0 Å². The van der Waals surface area contributed by atoms with Gasteiger partial charge in [0.05, 0.1) is 13.5 Å². The van der Waals surface area contributed by atoms with E-state index in [-0.39, 0.29) is 24.2 Å². The summed E-state index contributed by atoms with van der Waals surface area (Å²) < 4.78 is 5.12. The number of nitrogens with one attached hydrogen (secondary N) is 1. The Morgan fingerprint density at radius 2 is 1.78 bits per heavy atom. The molecule has 1 aromatic carbocycles. The largest absolute Gasteiger partial charge is 0.497 e. The number of rotatable bonds is 8. The number of carbonyl (C=O) groups excluding carboxylic acids is 1. The fourth-order valence-electron chi connectivity index (χ4n) is 2.40. The molecule has 0 aliphatic rings. The van der Waals surface area contributed by atoms with Gasteiger partial charge < -0.3 is 15.2 Å². The lowest BCUT2D eigenvalue weighted by molar-refractivity contribution is -0.139. The predicted molar refractivity (Wildman–Crippen MR) is 89.7 cm³/mol. The van der Waals surface area contributed by atoms with Gasteiger partial charge in [-0.2, -0.15) is 0 Å². The molecule has 0 fully saturated rings. The second-order valence-electron chi connectivity index (χ2n) is 6.57. The Kier molecular flexibility index (Phi) is 6.61. The van der Waals surface area contributed by atoms with Crippen molar-refractivity contribution in [2.24, 2.45) is 5.92 Å². The average molecular weight is 321 g/mol. The minimum absolute atomic E-state index is 0.0267. The van der Waals surface area contributed by atoms with Crippen LogP contribution in [-0.4, -0.2) is 29.6 Å². The number of methoxy groups -OCH3 is 1. The van der Waals surface area contributed by atoms with Gasteiger partial charge in [0.2, 0.25) is 5.91 Å². The van der Waals surface area contributed by atoms with Crippen molar-refractivity contribution >= 4 is 11.9 Å². The molecule has 1 amide bonds. The molecular formula is C18H27NO4. The third-order valence-corrected chi connectivity index (χ3v) is 4.39. The number of ether oxygens (including phenoxy) is 1. The van der Waals surface area contributed by atoms with Gasteiger partial charge in [-0.3, -0.25) is 9.59 Å². The number of hydrogen-bond acceptors (Lipinski definition) is 3. The van der Waals surface area contributed by atoms with Crippen LogP contribution in [0.3, 0.4) is 0 Å². The molecule has 23 heavy (non-hydrogen) atoms. The van der Waals surface area contributed by atoms with Gasteiger partial charge in [0.25, 0.3) is 0 Å². The molecule has 0 saturated carbocycles. The maximum absolute atomic E-state index is 12.3. The summed E-state index contributed by atoms with van der Waals surface area (Å²) in [7, 11) is 1.61. The molecule has 0 aliphatic heterocycles. The van der Waals surface area contributed by atoms with Crippen LogP contribution in [0.4, 0.5) is 0 Å². The number of amides is 1. The average Bonchev–Trinajstić information content (AvgIpc) is 2.45. The van der Waals surface area contributed by atoms with E-state index in [0.717, 1.165) is 11.3 Å². The van der Waals surface area contributed by atoms with E-state index in [2.05, 4.69) is 5.32 Å². The zero-order valence-corrected chi connectivity index (χ0v) is 14.6. The molecule has 0 saturated heterocycles. The number of carbonyl (C=O) groups is 2.